The molecule has 1 atom stereocenters. The Kier molecular flexibility index (Phi) is 7.31. The maximum atomic E-state index is 11.6. The van der Waals surface area contributed by atoms with Crippen LogP contribution in [0.25, 0.3) is 0 Å². The summed E-state index contributed by atoms with van der Waals surface area (Å²) in [5.74, 6) is 0.456. The van der Waals surface area contributed by atoms with Crippen molar-refractivity contribution in [2.45, 2.75) is 39.9 Å². The maximum absolute atomic E-state index is 11.6. The minimum Gasteiger partial charge on any atom is -0.373 e. The monoisotopic (exact) mass is 299 g/mol. The van der Waals surface area contributed by atoms with Gasteiger partial charge in [-0.15, -0.1) is 9.05 Å². The van der Waals surface area contributed by atoms with Crippen LogP contribution in [0.2, 0.25) is 0 Å². The molecule has 0 fully saturated rings. The topological polar surface area (TPSA) is 44.8 Å². The third-order valence-corrected chi connectivity index (χ3v) is 3.18. The Morgan fingerprint density at radius 2 is 1.80 bits per heavy atom. The molecule has 20 heavy (non-hydrogen) atoms. The van der Waals surface area contributed by atoms with Crippen LogP contribution < -0.4 is 0 Å². The van der Waals surface area contributed by atoms with Gasteiger partial charge in [-0.1, -0.05) is 44.2 Å². The molecule has 0 bridgehead atoms. The second-order valence-corrected chi connectivity index (χ2v) is 6.68. The van der Waals surface area contributed by atoms with E-state index in [4.69, 9.17) is 13.8 Å². The van der Waals surface area contributed by atoms with Crippen molar-refractivity contribution < 1.29 is 18.3 Å². The first-order valence-electron chi connectivity index (χ1n) is 6.80. The van der Waals surface area contributed by atoms with E-state index in [0.717, 1.165) is 5.56 Å². The molecule has 0 amide bonds. The van der Waals surface area contributed by atoms with Crippen LogP contribution in [-0.4, -0.2) is 18.8 Å². The molecule has 0 aliphatic heterocycles. The van der Waals surface area contributed by atoms with Gasteiger partial charge < -0.3 is 4.74 Å². The molecule has 0 radical (unpaired) electrons. The number of hydrogen-bond acceptors (Lipinski definition) is 4. The standard InChI is InChI=1S/C15H24O4P/c1-13(2)10-17-15(3,4)12-19-20(16)18-11-14-8-6-5-7-9-14/h5-9,13H,10-12H2,1-4H3/q+1. The summed E-state index contributed by atoms with van der Waals surface area (Å²) in [6, 6.07) is 9.58. The molecule has 1 aromatic carbocycles. The lowest BCUT2D eigenvalue weighted by Crippen LogP contribution is -2.31. The van der Waals surface area contributed by atoms with Crippen molar-refractivity contribution >= 4 is 8.25 Å². The third kappa shape index (κ3) is 7.71. The van der Waals surface area contributed by atoms with E-state index in [1.165, 1.54) is 0 Å². The summed E-state index contributed by atoms with van der Waals surface area (Å²) in [6.07, 6.45) is 0. The Balaban J connectivity index is 2.25. The summed E-state index contributed by atoms with van der Waals surface area (Å²) < 4.78 is 27.7. The van der Waals surface area contributed by atoms with Crippen LogP contribution in [-0.2, 0) is 25.0 Å². The molecule has 0 saturated heterocycles. The molecular weight excluding hydrogens is 275 g/mol. The molecule has 1 aromatic rings. The Morgan fingerprint density at radius 3 is 2.40 bits per heavy atom. The zero-order valence-corrected chi connectivity index (χ0v) is 13.6. The molecule has 0 N–H and O–H groups in total. The van der Waals surface area contributed by atoms with Gasteiger partial charge in [-0.2, -0.15) is 0 Å². The number of hydrogen-bond donors (Lipinski definition) is 0. The van der Waals surface area contributed by atoms with Crippen LogP contribution in [0, 0.1) is 5.92 Å². The first-order valence-corrected chi connectivity index (χ1v) is 7.89. The fourth-order valence-electron chi connectivity index (χ4n) is 1.38. The molecule has 0 aromatic heterocycles. The van der Waals surface area contributed by atoms with Crippen LogP contribution in [0.5, 0.6) is 0 Å². The van der Waals surface area contributed by atoms with Crippen molar-refractivity contribution in [2.24, 2.45) is 5.92 Å². The minimum absolute atomic E-state index is 0.240. The zero-order chi connectivity index (χ0) is 15.0. The molecule has 5 heteroatoms. The van der Waals surface area contributed by atoms with Crippen molar-refractivity contribution in [3.63, 3.8) is 0 Å². The molecular formula is C15H24O4P+. The molecule has 112 valence electrons. The van der Waals surface area contributed by atoms with Crippen molar-refractivity contribution in [3.8, 4) is 0 Å². The van der Waals surface area contributed by atoms with E-state index in [0.29, 0.717) is 12.5 Å². The Bertz CT molecular complexity index is 404. The lowest BCUT2D eigenvalue weighted by molar-refractivity contribution is -0.0584. The third-order valence-electron chi connectivity index (χ3n) is 2.50. The van der Waals surface area contributed by atoms with Crippen molar-refractivity contribution in [1.82, 2.24) is 0 Å². The van der Waals surface area contributed by atoms with E-state index in [1.54, 1.807) is 0 Å². The molecule has 0 heterocycles. The van der Waals surface area contributed by atoms with Gasteiger partial charge in [-0.25, -0.2) is 0 Å². The van der Waals surface area contributed by atoms with Gasteiger partial charge in [0.1, 0.15) is 13.2 Å². The van der Waals surface area contributed by atoms with Crippen LogP contribution in [0.4, 0.5) is 0 Å². The summed E-state index contributed by atoms with van der Waals surface area (Å²) in [5, 5.41) is 0. The smallest absolute Gasteiger partial charge is 0.373 e. The maximum Gasteiger partial charge on any atom is 0.697 e. The second kappa shape index (κ2) is 8.48. The molecule has 1 rings (SSSR count). The van der Waals surface area contributed by atoms with Gasteiger partial charge in [0.25, 0.3) is 0 Å². The molecule has 1 unspecified atom stereocenters. The fourth-order valence-corrected chi connectivity index (χ4v) is 2.13. The average molecular weight is 299 g/mol. The first kappa shape index (κ1) is 17.3. The van der Waals surface area contributed by atoms with Gasteiger partial charge in [0.05, 0.1) is 5.60 Å². The van der Waals surface area contributed by atoms with Gasteiger partial charge in [0.2, 0.25) is 0 Å². The molecule has 0 spiro atoms. The molecule has 4 nitrogen and oxygen atoms in total. The highest BCUT2D eigenvalue weighted by Crippen LogP contribution is 2.28. The Labute approximate surface area is 122 Å². The number of ether oxygens (including phenoxy) is 1. The quantitative estimate of drug-likeness (QED) is 0.637. The van der Waals surface area contributed by atoms with Crippen LogP contribution >= 0.6 is 8.25 Å². The van der Waals surface area contributed by atoms with E-state index in [-0.39, 0.29) is 13.2 Å². The van der Waals surface area contributed by atoms with Gasteiger partial charge >= 0.3 is 8.25 Å². The molecule has 0 aliphatic rings. The minimum atomic E-state index is -2.12. The highest BCUT2D eigenvalue weighted by atomic mass is 31.1. The summed E-state index contributed by atoms with van der Waals surface area (Å²) in [5.41, 5.74) is 0.500. The lowest BCUT2D eigenvalue weighted by Gasteiger charge is -2.23. The van der Waals surface area contributed by atoms with Crippen LogP contribution in [0.1, 0.15) is 33.3 Å². The van der Waals surface area contributed by atoms with Crippen LogP contribution in [0.3, 0.4) is 0 Å². The van der Waals surface area contributed by atoms with E-state index in [1.807, 2.05) is 44.2 Å². The van der Waals surface area contributed by atoms with Gasteiger partial charge in [-0.05, 0) is 25.3 Å². The van der Waals surface area contributed by atoms with E-state index < -0.39 is 13.9 Å². The summed E-state index contributed by atoms with van der Waals surface area (Å²) in [7, 11) is -2.12. The molecule has 0 aliphatic carbocycles. The summed E-state index contributed by atoms with van der Waals surface area (Å²) in [4.78, 5) is 0. The molecule has 0 saturated carbocycles. The SMILES string of the molecule is CC(C)COC(C)(C)CO[P+](=O)OCc1ccccc1. The second-order valence-electron chi connectivity index (χ2n) is 5.72. The summed E-state index contributed by atoms with van der Waals surface area (Å²) in [6.45, 7) is 9.16. The fraction of sp³-hybridized carbons (Fsp3) is 0.600. The van der Waals surface area contributed by atoms with E-state index >= 15 is 0 Å². The van der Waals surface area contributed by atoms with Crippen molar-refractivity contribution in [3.05, 3.63) is 35.9 Å². The van der Waals surface area contributed by atoms with Gasteiger partial charge in [0.15, 0.2) is 0 Å². The average Bonchev–Trinajstić information content (AvgIpc) is 2.42. The highest BCUT2D eigenvalue weighted by Gasteiger charge is 2.28. The van der Waals surface area contributed by atoms with Crippen molar-refractivity contribution in [2.75, 3.05) is 13.2 Å². The van der Waals surface area contributed by atoms with Crippen LogP contribution in [0.15, 0.2) is 30.3 Å². The Morgan fingerprint density at radius 1 is 1.15 bits per heavy atom. The predicted molar refractivity (Wildman–Crippen MR) is 79.7 cm³/mol. The number of benzene rings is 1. The summed E-state index contributed by atoms with van der Waals surface area (Å²) >= 11 is 0. The number of rotatable bonds is 9. The highest BCUT2D eigenvalue weighted by molar-refractivity contribution is 7.33. The van der Waals surface area contributed by atoms with Gasteiger partial charge in [0, 0.05) is 11.2 Å². The Hall–Kier alpha value is -0.800. The van der Waals surface area contributed by atoms with Crippen molar-refractivity contribution in [1.29, 1.82) is 0 Å². The van der Waals surface area contributed by atoms with Gasteiger partial charge in [-0.3, -0.25) is 0 Å². The zero-order valence-electron chi connectivity index (χ0n) is 12.7. The predicted octanol–water partition coefficient (Wildman–Crippen LogP) is 4.33. The van der Waals surface area contributed by atoms with E-state index in [2.05, 4.69) is 13.8 Å². The van der Waals surface area contributed by atoms with E-state index in [9.17, 15) is 4.57 Å². The largest absolute Gasteiger partial charge is 0.697 e. The normalized spacial score (nSPS) is 12.8. The lowest BCUT2D eigenvalue weighted by atomic mass is 10.1. The first-order chi connectivity index (χ1) is 9.39.